The summed E-state index contributed by atoms with van der Waals surface area (Å²) in [7, 11) is 0. The van der Waals surface area contributed by atoms with E-state index >= 15 is 0 Å². The molecule has 1 aliphatic carbocycles. The van der Waals surface area contributed by atoms with Gasteiger partial charge in [0.2, 0.25) is 0 Å². The largest absolute Gasteiger partial charge is 0.383 e. The van der Waals surface area contributed by atoms with Gasteiger partial charge in [0.25, 0.3) is 0 Å². The highest BCUT2D eigenvalue weighted by Crippen LogP contribution is 2.44. The zero-order valence-corrected chi connectivity index (χ0v) is 13.7. The molecule has 4 rings (SSSR count). The molecule has 2 aliphatic heterocycles. The normalized spacial score (nSPS) is 33.1. The average Bonchev–Trinajstić information content (AvgIpc) is 3.18. The molecule has 5 heteroatoms. The molecule has 1 aromatic heterocycles. The van der Waals surface area contributed by atoms with Crippen LogP contribution in [0.25, 0.3) is 0 Å². The molecule has 2 bridgehead atoms. The van der Waals surface area contributed by atoms with Crippen molar-refractivity contribution < 1.29 is 4.74 Å². The van der Waals surface area contributed by atoms with Gasteiger partial charge in [-0.2, -0.15) is 0 Å². The second-order valence-electron chi connectivity index (χ2n) is 6.36. The van der Waals surface area contributed by atoms with Crippen molar-refractivity contribution in [3.63, 3.8) is 0 Å². The maximum atomic E-state index is 6.16. The molecule has 20 heavy (non-hydrogen) atoms. The number of anilines is 1. The Hall–Kier alpha value is -0.430. The maximum absolute atomic E-state index is 6.16. The molecule has 3 fully saturated rings. The van der Waals surface area contributed by atoms with E-state index in [9.17, 15) is 0 Å². The van der Waals surface area contributed by atoms with E-state index in [1.807, 2.05) is 0 Å². The molecule has 0 aromatic carbocycles. The van der Waals surface area contributed by atoms with Crippen LogP contribution >= 0.6 is 22.6 Å². The van der Waals surface area contributed by atoms with Crippen LogP contribution in [-0.4, -0.2) is 22.2 Å². The summed E-state index contributed by atoms with van der Waals surface area (Å²) in [5.41, 5.74) is 7.36. The van der Waals surface area contributed by atoms with E-state index in [2.05, 4.69) is 27.6 Å². The van der Waals surface area contributed by atoms with Crippen LogP contribution in [0, 0.1) is 3.57 Å². The molecule has 1 aromatic rings. The Balaban J connectivity index is 1.69. The van der Waals surface area contributed by atoms with Crippen molar-refractivity contribution in [2.75, 3.05) is 5.73 Å². The van der Waals surface area contributed by atoms with E-state index < -0.39 is 0 Å². The standard InChI is InChI=1S/C15H20IN3O/c16-12-13(8-3-1-2-4-8)18-15(19-14(12)17)10-7-9-5-6-11(10)20-9/h8-11H,1-7H2,(H2,17,18,19). The number of halogens is 1. The van der Waals surface area contributed by atoms with Gasteiger partial charge in [0, 0.05) is 11.8 Å². The van der Waals surface area contributed by atoms with Crippen molar-refractivity contribution >= 4 is 28.4 Å². The molecule has 0 amide bonds. The van der Waals surface area contributed by atoms with Crippen molar-refractivity contribution in [2.45, 2.75) is 69.0 Å². The van der Waals surface area contributed by atoms with Crippen LogP contribution in [0.1, 0.15) is 68.3 Å². The highest BCUT2D eigenvalue weighted by molar-refractivity contribution is 14.1. The van der Waals surface area contributed by atoms with Gasteiger partial charge in [0.15, 0.2) is 0 Å². The SMILES string of the molecule is Nc1nc(C2CC3CCC2O3)nc(C2CCCC2)c1I. The summed E-state index contributed by atoms with van der Waals surface area (Å²) in [5.74, 6) is 2.57. The topological polar surface area (TPSA) is 61.0 Å². The fraction of sp³-hybridized carbons (Fsp3) is 0.733. The summed E-state index contributed by atoms with van der Waals surface area (Å²) < 4.78 is 7.02. The Morgan fingerprint density at radius 1 is 1.10 bits per heavy atom. The lowest BCUT2D eigenvalue weighted by Gasteiger charge is -2.20. The third kappa shape index (κ3) is 2.13. The van der Waals surface area contributed by atoms with Gasteiger partial charge in [0.1, 0.15) is 11.6 Å². The minimum absolute atomic E-state index is 0.330. The first-order chi connectivity index (χ1) is 9.72. The summed E-state index contributed by atoms with van der Waals surface area (Å²) in [6, 6.07) is 0. The van der Waals surface area contributed by atoms with Crippen LogP contribution in [-0.2, 0) is 4.74 Å². The fourth-order valence-corrected chi connectivity index (χ4v) is 4.73. The Labute approximate surface area is 133 Å². The van der Waals surface area contributed by atoms with Gasteiger partial charge in [0.05, 0.1) is 21.5 Å². The van der Waals surface area contributed by atoms with Gasteiger partial charge < -0.3 is 10.5 Å². The minimum atomic E-state index is 0.330. The van der Waals surface area contributed by atoms with E-state index in [0.717, 1.165) is 22.2 Å². The molecular formula is C15H20IN3O. The molecule has 3 aliphatic rings. The molecular weight excluding hydrogens is 365 g/mol. The van der Waals surface area contributed by atoms with Crippen molar-refractivity contribution in [3.8, 4) is 0 Å². The van der Waals surface area contributed by atoms with E-state index in [4.69, 9.17) is 15.5 Å². The van der Waals surface area contributed by atoms with E-state index in [0.29, 0.717) is 29.9 Å². The zero-order chi connectivity index (χ0) is 13.7. The number of ether oxygens (including phenoxy) is 1. The predicted octanol–water partition coefficient (Wildman–Crippen LogP) is 3.36. The number of nitrogen functional groups attached to an aromatic ring is 1. The smallest absolute Gasteiger partial charge is 0.140 e. The van der Waals surface area contributed by atoms with Gasteiger partial charge in [-0.25, -0.2) is 9.97 Å². The second kappa shape index (κ2) is 5.09. The molecule has 3 heterocycles. The van der Waals surface area contributed by atoms with Crippen LogP contribution in [0.4, 0.5) is 5.82 Å². The maximum Gasteiger partial charge on any atom is 0.140 e. The highest BCUT2D eigenvalue weighted by Gasteiger charge is 2.43. The van der Waals surface area contributed by atoms with Crippen molar-refractivity contribution in [3.05, 3.63) is 15.1 Å². The molecule has 0 radical (unpaired) electrons. The average molecular weight is 385 g/mol. The van der Waals surface area contributed by atoms with Gasteiger partial charge >= 0.3 is 0 Å². The molecule has 108 valence electrons. The van der Waals surface area contributed by atoms with Crippen LogP contribution in [0.15, 0.2) is 0 Å². The number of nitrogens with two attached hydrogens (primary N) is 1. The molecule has 2 saturated heterocycles. The third-order valence-corrected chi connectivity index (χ3v) is 6.20. The third-order valence-electron chi connectivity index (χ3n) is 5.10. The molecule has 2 N–H and O–H groups in total. The van der Waals surface area contributed by atoms with Crippen LogP contribution < -0.4 is 5.73 Å². The first kappa shape index (κ1) is 13.2. The monoisotopic (exact) mass is 385 g/mol. The zero-order valence-electron chi connectivity index (χ0n) is 11.5. The number of rotatable bonds is 2. The quantitative estimate of drug-likeness (QED) is 0.794. The lowest BCUT2D eigenvalue weighted by atomic mass is 9.88. The van der Waals surface area contributed by atoms with Crippen molar-refractivity contribution in [1.29, 1.82) is 0 Å². The lowest BCUT2D eigenvalue weighted by Crippen LogP contribution is -2.20. The minimum Gasteiger partial charge on any atom is -0.383 e. The molecule has 4 nitrogen and oxygen atoms in total. The molecule has 0 spiro atoms. The lowest BCUT2D eigenvalue weighted by molar-refractivity contribution is 0.0998. The predicted molar refractivity (Wildman–Crippen MR) is 85.6 cm³/mol. The number of hydrogen-bond acceptors (Lipinski definition) is 4. The van der Waals surface area contributed by atoms with Crippen molar-refractivity contribution in [2.24, 2.45) is 0 Å². The number of nitrogens with zero attached hydrogens (tertiary/aromatic N) is 2. The summed E-state index contributed by atoms with van der Waals surface area (Å²) in [4.78, 5) is 9.52. The second-order valence-corrected chi connectivity index (χ2v) is 7.44. The Bertz CT molecular complexity index is 530. The molecule has 3 unspecified atom stereocenters. The van der Waals surface area contributed by atoms with Gasteiger partial charge in [-0.05, 0) is 54.7 Å². The van der Waals surface area contributed by atoms with Crippen LogP contribution in [0.5, 0.6) is 0 Å². The first-order valence-electron chi connectivity index (χ1n) is 7.70. The van der Waals surface area contributed by atoms with Gasteiger partial charge in [-0.15, -0.1) is 0 Å². The van der Waals surface area contributed by atoms with Crippen LogP contribution in [0.2, 0.25) is 0 Å². The summed E-state index contributed by atoms with van der Waals surface area (Å²) in [6.07, 6.45) is 9.33. The highest BCUT2D eigenvalue weighted by atomic mass is 127. The van der Waals surface area contributed by atoms with E-state index in [1.165, 1.54) is 37.8 Å². The summed E-state index contributed by atoms with van der Waals surface area (Å²) in [6.45, 7) is 0. The van der Waals surface area contributed by atoms with E-state index in [-0.39, 0.29) is 0 Å². The number of aromatic nitrogens is 2. The van der Waals surface area contributed by atoms with Gasteiger partial charge in [-0.3, -0.25) is 0 Å². The Kier molecular flexibility index (Phi) is 3.37. The number of hydrogen-bond donors (Lipinski definition) is 1. The molecule has 1 saturated carbocycles. The van der Waals surface area contributed by atoms with Crippen LogP contribution in [0.3, 0.4) is 0 Å². The van der Waals surface area contributed by atoms with Gasteiger partial charge in [-0.1, -0.05) is 12.8 Å². The fourth-order valence-electron chi connectivity index (χ4n) is 4.05. The number of fused-ring (bicyclic) bond motifs is 2. The Morgan fingerprint density at radius 3 is 2.55 bits per heavy atom. The Morgan fingerprint density at radius 2 is 1.90 bits per heavy atom. The first-order valence-corrected chi connectivity index (χ1v) is 8.78. The summed E-state index contributed by atoms with van der Waals surface area (Å²) in [5, 5.41) is 0. The molecule has 3 atom stereocenters. The summed E-state index contributed by atoms with van der Waals surface area (Å²) >= 11 is 2.32. The van der Waals surface area contributed by atoms with E-state index in [1.54, 1.807) is 0 Å². The van der Waals surface area contributed by atoms with Crippen molar-refractivity contribution in [1.82, 2.24) is 9.97 Å².